The molecule has 0 aliphatic heterocycles. The minimum absolute atomic E-state index is 0.178. The van der Waals surface area contributed by atoms with Gasteiger partial charge in [0.1, 0.15) is 12.6 Å². The fourth-order valence-electron chi connectivity index (χ4n) is 3.53. The first-order valence-corrected chi connectivity index (χ1v) is 12.8. The van der Waals surface area contributed by atoms with Crippen molar-refractivity contribution in [3.05, 3.63) is 29.8 Å². The van der Waals surface area contributed by atoms with E-state index in [2.05, 4.69) is 20.8 Å². The second-order valence-electron chi connectivity index (χ2n) is 9.43. The summed E-state index contributed by atoms with van der Waals surface area (Å²) in [5.41, 5.74) is -0.178. The number of carboxylic acid groups (broad SMARTS) is 1. The summed E-state index contributed by atoms with van der Waals surface area (Å²) in [5, 5.41) is 29.2. The van der Waals surface area contributed by atoms with Gasteiger partial charge in [0.05, 0.1) is 12.6 Å². The monoisotopic (exact) mass is 451 g/mol. The summed E-state index contributed by atoms with van der Waals surface area (Å²) in [6, 6.07) is 5.84. The number of hydroxylamine groups is 3. The molecule has 1 rings (SSSR count). The highest BCUT2D eigenvalue weighted by molar-refractivity contribution is 5.90. The molecule has 0 radical (unpaired) electrons. The van der Waals surface area contributed by atoms with Crippen LogP contribution in [-0.4, -0.2) is 40.6 Å². The van der Waals surface area contributed by atoms with Crippen LogP contribution in [-0.2, 0) is 0 Å². The van der Waals surface area contributed by atoms with Gasteiger partial charge in [0.2, 0.25) is 0 Å². The van der Waals surface area contributed by atoms with Crippen LogP contribution >= 0.6 is 0 Å². The van der Waals surface area contributed by atoms with Crippen molar-refractivity contribution in [1.29, 1.82) is 0 Å². The van der Waals surface area contributed by atoms with Crippen LogP contribution in [0.25, 0.3) is 0 Å². The second-order valence-corrected chi connectivity index (χ2v) is 9.43. The number of aromatic carboxylic acids is 1. The molecule has 0 bridgehead atoms. The van der Waals surface area contributed by atoms with Crippen molar-refractivity contribution in [2.75, 3.05) is 13.6 Å². The van der Waals surface area contributed by atoms with Gasteiger partial charge in [0.25, 0.3) is 0 Å². The van der Waals surface area contributed by atoms with E-state index in [1.165, 1.54) is 108 Å². The van der Waals surface area contributed by atoms with Gasteiger partial charge in [-0.25, -0.2) is 10.0 Å². The van der Waals surface area contributed by atoms with Gasteiger partial charge in [-0.3, -0.25) is 0 Å². The predicted octanol–water partition coefficient (Wildman–Crippen LogP) is 7.17. The molecule has 0 spiro atoms. The molecule has 0 saturated heterocycles. The summed E-state index contributed by atoms with van der Waals surface area (Å²) in [7, 11) is 1.92. The van der Waals surface area contributed by atoms with Crippen LogP contribution in [0, 0.1) is 0 Å². The first-order chi connectivity index (χ1) is 15.2. The zero-order chi connectivity index (χ0) is 24.2. The highest BCUT2D eigenvalue weighted by Gasteiger charge is 2.22. The minimum Gasteiger partial charge on any atom is -0.872 e. The van der Waals surface area contributed by atoms with Crippen LogP contribution < -0.4 is 5.11 Å². The van der Waals surface area contributed by atoms with Crippen molar-refractivity contribution in [1.82, 2.24) is 0 Å². The Bertz CT molecular complexity index is 587. The van der Waals surface area contributed by atoms with Gasteiger partial charge in [0, 0.05) is 0 Å². The molecule has 0 amide bonds. The van der Waals surface area contributed by atoms with Gasteiger partial charge in [-0.15, -0.1) is 0 Å². The maximum Gasteiger partial charge on any atom is 0.335 e. The lowest BCUT2D eigenvalue weighted by Gasteiger charge is -2.29. The average molecular weight is 452 g/mol. The zero-order valence-electron chi connectivity index (χ0n) is 21.2. The topological polar surface area (TPSA) is 80.6 Å². The van der Waals surface area contributed by atoms with Crippen LogP contribution in [0.4, 0.5) is 0 Å². The number of carbonyl (C=O) groups is 1. The van der Waals surface area contributed by atoms with Crippen LogP contribution in [0.1, 0.15) is 121 Å². The molecule has 0 heterocycles. The van der Waals surface area contributed by atoms with Crippen LogP contribution in [0.3, 0.4) is 0 Å². The van der Waals surface area contributed by atoms with E-state index in [1.807, 2.05) is 7.05 Å². The third-order valence-electron chi connectivity index (χ3n) is 6.19. The van der Waals surface area contributed by atoms with Crippen molar-refractivity contribution < 1.29 is 24.9 Å². The Kier molecular flexibility index (Phi) is 18.0. The van der Waals surface area contributed by atoms with Gasteiger partial charge in [0.15, 0.2) is 0 Å². The summed E-state index contributed by atoms with van der Waals surface area (Å²) >= 11 is 0. The fourth-order valence-corrected chi connectivity index (χ4v) is 3.53. The molecule has 1 aromatic carbocycles. The molecule has 0 aliphatic rings. The summed E-state index contributed by atoms with van der Waals surface area (Å²) in [6.07, 6.45) is 19.4. The highest BCUT2D eigenvalue weighted by atomic mass is 16.5. The maximum atomic E-state index is 10.7. The van der Waals surface area contributed by atoms with Gasteiger partial charge in [-0.1, -0.05) is 108 Å². The van der Waals surface area contributed by atoms with Gasteiger partial charge in [-0.05, 0) is 32.8 Å². The number of nitrogens with zero attached hydrogens (tertiary/aromatic N) is 1. The lowest BCUT2D eigenvalue weighted by molar-refractivity contribution is -1.10. The Morgan fingerprint density at radius 3 is 1.59 bits per heavy atom. The van der Waals surface area contributed by atoms with Gasteiger partial charge in [-0.2, -0.15) is 4.65 Å². The SMILES string of the molecule is CCCCCCCCCCCCCCCC[N+](C)(O)C(C)C.O=C(O)c1ccccc1[O-]. The van der Waals surface area contributed by atoms with E-state index >= 15 is 0 Å². The van der Waals surface area contributed by atoms with Gasteiger partial charge >= 0.3 is 5.97 Å². The van der Waals surface area contributed by atoms with Gasteiger partial charge < -0.3 is 10.2 Å². The first-order valence-electron chi connectivity index (χ1n) is 12.8. The number of unbranched alkanes of at least 4 members (excludes halogenated alkanes) is 13. The van der Waals surface area contributed by atoms with E-state index < -0.39 is 11.7 Å². The Labute approximate surface area is 197 Å². The quantitative estimate of drug-likeness (QED) is 0.149. The summed E-state index contributed by atoms with van der Waals surface area (Å²) in [6.45, 7) is 7.36. The number of rotatable bonds is 17. The van der Waals surface area contributed by atoms with E-state index in [1.54, 1.807) is 0 Å². The maximum absolute atomic E-state index is 10.7. The molecule has 5 nitrogen and oxygen atoms in total. The van der Waals surface area contributed by atoms with Crippen LogP contribution in [0.2, 0.25) is 0 Å². The summed E-state index contributed by atoms with van der Waals surface area (Å²) < 4.78 is 0.179. The van der Waals surface area contributed by atoms with E-state index in [0.29, 0.717) is 6.04 Å². The Hall–Kier alpha value is -1.59. The molecule has 2 N–H and O–H groups in total. The smallest absolute Gasteiger partial charge is 0.335 e. The Morgan fingerprint density at radius 1 is 0.844 bits per heavy atom. The zero-order valence-corrected chi connectivity index (χ0v) is 21.2. The largest absolute Gasteiger partial charge is 0.872 e. The molecule has 5 heteroatoms. The Morgan fingerprint density at radius 2 is 1.25 bits per heavy atom. The molecule has 186 valence electrons. The van der Waals surface area contributed by atoms with Crippen LogP contribution in [0.5, 0.6) is 5.75 Å². The van der Waals surface area contributed by atoms with E-state index in [-0.39, 0.29) is 10.2 Å². The summed E-state index contributed by atoms with van der Waals surface area (Å²) in [5.74, 6) is -1.62. The molecule has 32 heavy (non-hydrogen) atoms. The highest BCUT2D eigenvalue weighted by Crippen LogP contribution is 2.14. The predicted molar refractivity (Wildman–Crippen MR) is 131 cm³/mol. The van der Waals surface area contributed by atoms with Crippen molar-refractivity contribution in [2.45, 2.75) is 117 Å². The van der Waals surface area contributed by atoms with E-state index in [0.717, 1.165) is 13.0 Å². The van der Waals surface area contributed by atoms with Crippen molar-refractivity contribution in [2.24, 2.45) is 0 Å². The molecule has 1 atom stereocenters. The van der Waals surface area contributed by atoms with E-state index in [9.17, 15) is 15.1 Å². The van der Waals surface area contributed by atoms with Crippen molar-refractivity contribution >= 4 is 5.97 Å². The number of hydrogen-bond acceptors (Lipinski definition) is 3. The lowest BCUT2D eigenvalue weighted by Crippen LogP contribution is -2.47. The number of hydrogen-bond donors (Lipinski definition) is 2. The van der Waals surface area contributed by atoms with E-state index in [4.69, 9.17) is 5.11 Å². The van der Waals surface area contributed by atoms with Crippen molar-refractivity contribution in [3.8, 4) is 5.75 Å². The molecule has 0 saturated carbocycles. The van der Waals surface area contributed by atoms with Crippen molar-refractivity contribution in [3.63, 3.8) is 0 Å². The molecule has 0 aliphatic carbocycles. The first kappa shape index (κ1) is 30.4. The molecule has 1 unspecified atom stereocenters. The lowest BCUT2D eigenvalue weighted by atomic mass is 10.0. The third-order valence-corrected chi connectivity index (χ3v) is 6.19. The molecule has 1 aromatic rings. The second kappa shape index (κ2) is 18.9. The number of carboxylic acids is 1. The minimum atomic E-state index is -1.18. The molecular formula is C27H49NO4. The third kappa shape index (κ3) is 16.1. The number of benzene rings is 1. The standard InChI is InChI=1S/C20H44NO.C7H6O3/c1-5-6-7-8-9-10-11-12-13-14-15-16-17-18-19-21(4,22)20(2)3;8-6-4-2-1-3-5(6)7(9)10/h20,22H,5-19H2,1-4H3;1-4,8H,(H,9,10)/q+1;/p-1. The normalized spacial score (nSPS) is 12.8. The van der Waals surface area contributed by atoms with Crippen LogP contribution in [0.15, 0.2) is 24.3 Å². The molecule has 0 aromatic heterocycles. The number of para-hydroxylation sites is 1. The fraction of sp³-hybridized carbons (Fsp3) is 0.741. The average Bonchev–Trinajstić information content (AvgIpc) is 2.74. The molecular weight excluding hydrogens is 402 g/mol. The molecule has 0 fully saturated rings. The number of quaternary nitrogens is 1. The summed E-state index contributed by atoms with van der Waals surface area (Å²) in [4.78, 5) is 10.2. The Balaban J connectivity index is 0.000000792.